The van der Waals surface area contributed by atoms with Crippen molar-refractivity contribution in [1.29, 1.82) is 0 Å². The number of fused-ring (bicyclic) bond motifs is 2. The summed E-state index contributed by atoms with van der Waals surface area (Å²) >= 11 is 0. The molecule has 7 rings (SSSR count). The van der Waals surface area contributed by atoms with Gasteiger partial charge in [0.2, 0.25) is 23.9 Å². The van der Waals surface area contributed by atoms with Crippen LogP contribution in [-0.4, -0.2) is 108 Å². The minimum Gasteiger partial charge on any atom is -0.508 e. The summed E-state index contributed by atoms with van der Waals surface area (Å²) < 4.78 is 6.75. The van der Waals surface area contributed by atoms with Crippen molar-refractivity contribution >= 4 is 40.6 Å². The van der Waals surface area contributed by atoms with Gasteiger partial charge in [-0.15, -0.1) is 0 Å². The smallest absolute Gasteiger partial charge is 0.331 e. The van der Waals surface area contributed by atoms with Gasteiger partial charge in [-0.05, 0) is 53.8 Å². The molecule has 10 N–H and O–H groups in total. The first kappa shape index (κ1) is 45.3. The average Bonchev–Trinajstić information content (AvgIpc) is 3.88. The van der Waals surface area contributed by atoms with Crippen molar-refractivity contribution in [3.63, 3.8) is 0 Å². The summed E-state index contributed by atoms with van der Waals surface area (Å²) in [6.45, 7) is 1.88. The number of carboxylic acids is 1. The number of phenolic OH excluding ortho intramolecular Hbond substituents is 1. The number of para-hydroxylation sites is 1. The predicted octanol–water partition coefficient (Wildman–Crippen LogP) is 0.614. The first-order chi connectivity index (χ1) is 31.1. The van der Waals surface area contributed by atoms with Gasteiger partial charge in [0.05, 0.1) is 12.1 Å². The van der Waals surface area contributed by atoms with E-state index in [2.05, 4.69) is 36.6 Å². The molecule has 0 aliphatic carbocycles. The quantitative estimate of drug-likeness (QED) is 0.0693. The summed E-state index contributed by atoms with van der Waals surface area (Å²) in [6, 6.07) is 14.9. The van der Waals surface area contributed by atoms with Crippen molar-refractivity contribution in [2.45, 2.75) is 81.7 Å². The Morgan fingerprint density at radius 1 is 0.908 bits per heavy atom. The number of hydrogen-bond acceptors (Lipinski definition) is 11. The first-order valence-electron chi connectivity index (χ1n) is 20.8. The number of urea groups is 1. The molecule has 0 saturated carbocycles. The molecule has 2 aliphatic heterocycles. The first-order valence-corrected chi connectivity index (χ1v) is 20.8. The van der Waals surface area contributed by atoms with E-state index in [9.17, 15) is 48.9 Å². The highest BCUT2D eigenvalue weighted by Gasteiger charge is 2.38. The number of likely N-dealkylation sites (N-methyl/N-ethyl adjacent to an activating group) is 1. The van der Waals surface area contributed by atoms with Gasteiger partial charge in [0.25, 0.3) is 5.56 Å². The third kappa shape index (κ3) is 10.7. The Morgan fingerprint density at radius 3 is 2.40 bits per heavy atom. The van der Waals surface area contributed by atoms with Crippen LogP contribution in [0.1, 0.15) is 41.8 Å². The van der Waals surface area contributed by atoms with Crippen LogP contribution in [0.2, 0.25) is 0 Å². The van der Waals surface area contributed by atoms with E-state index in [1.165, 1.54) is 11.9 Å². The maximum absolute atomic E-state index is 14.4. The van der Waals surface area contributed by atoms with E-state index in [0.717, 1.165) is 45.1 Å². The second kappa shape index (κ2) is 19.8. The number of aliphatic carboxylic acids is 1. The molecule has 7 atom stereocenters. The number of benzene rings is 3. The number of aliphatic hydroxyl groups is 1. The third-order valence-electron chi connectivity index (χ3n) is 11.6. The lowest BCUT2D eigenvalue weighted by atomic mass is 9.94. The summed E-state index contributed by atoms with van der Waals surface area (Å²) in [4.78, 5) is 99.3. The van der Waals surface area contributed by atoms with Gasteiger partial charge in [-0.25, -0.2) is 14.4 Å². The number of phenols is 1. The number of amides is 5. The number of aromatic hydroxyl groups is 1. The van der Waals surface area contributed by atoms with Crippen LogP contribution in [0, 0.1) is 0 Å². The highest BCUT2D eigenvalue weighted by Crippen LogP contribution is 2.30. The molecule has 3 aromatic carbocycles. The maximum atomic E-state index is 14.4. The van der Waals surface area contributed by atoms with Crippen molar-refractivity contribution in [2.24, 2.45) is 0 Å². The van der Waals surface area contributed by atoms with Crippen molar-refractivity contribution in [3.05, 3.63) is 146 Å². The molecule has 0 bridgehead atoms. The van der Waals surface area contributed by atoms with E-state index in [0.29, 0.717) is 17.7 Å². The zero-order valence-corrected chi connectivity index (χ0v) is 35.3. The number of ether oxygens (including phenoxy) is 1. The van der Waals surface area contributed by atoms with Crippen LogP contribution in [0.5, 0.6) is 5.75 Å². The van der Waals surface area contributed by atoms with Crippen molar-refractivity contribution in [1.82, 2.24) is 46.0 Å². The molecule has 7 unspecified atom stereocenters. The predicted molar refractivity (Wildman–Crippen MR) is 234 cm³/mol. The molecule has 20 heteroatoms. The molecular formula is C45H49N9O11. The van der Waals surface area contributed by atoms with Crippen LogP contribution >= 0.6 is 0 Å². The SMILES string of the molecule is CC(C(NC(=O)C(Cc1ccccc1)NC(=O)NC(Cc1c[nH]c2ccccc12)C(=O)O)C(=O)N/C=C1/CC(O)C(n2ccc(=O)[nH]c2=O)O1)N(C)C(=O)C1Cc2cc(O)ccc2CN1. The van der Waals surface area contributed by atoms with Crippen molar-refractivity contribution in [2.75, 3.05) is 7.05 Å². The highest BCUT2D eigenvalue weighted by atomic mass is 16.5. The molecule has 5 amide bonds. The minimum atomic E-state index is -1.51. The molecule has 65 heavy (non-hydrogen) atoms. The van der Waals surface area contributed by atoms with Crippen LogP contribution in [0.25, 0.3) is 10.9 Å². The lowest BCUT2D eigenvalue weighted by Crippen LogP contribution is -2.63. The topological polar surface area (TPSA) is 289 Å². The van der Waals surface area contributed by atoms with Gasteiger partial charge >= 0.3 is 17.7 Å². The van der Waals surface area contributed by atoms with E-state index in [1.54, 1.807) is 61.7 Å². The third-order valence-corrected chi connectivity index (χ3v) is 11.6. The fourth-order valence-corrected chi connectivity index (χ4v) is 7.93. The molecule has 1 fully saturated rings. The number of nitrogens with zero attached hydrogens (tertiary/aromatic N) is 2. The summed E-state index contributed by atoms with van der Waals surface area (Å²) in [5, 5.41) is 45.3. The lowest BCUT2D eigenvalue weighted by Gasteiger charge is -2.36. The molecule has 0 spiro atoms. The minimum absolute atomic E-state index is 0.0445. The van der Waals surface area contributed by atoms with Crippen LogP contribution < -0.4 is 37.8 Å². The van der Waals surface area contributed by atoms with Crippen LogP contribution in [0.4, 0.5) is 4.79 Å². The van der Waals surface area contributed by atoms with E-state index >= 15 is 0 Å². The molecule has 5 aromatic rings. The van der Waals surface area contributed by atoms with Gasteiger partial charge in [-0.1, -0.05) is 54.6 Å². The second-order valence-corrected chi connectivity index (χ2v) is 16.0. The summed E-state index contributed by atoms with van der Waals surface area (Å²) in [5.41, 5.74) is 2.24. The normalized spacial score (nSPS) is 19.2. The van der Waals surface area contributed by atoms with E-state index in [4.69, 9.17) is 4.74 Å². The van der Waals surface area contributed by atoms with E-state index in [1.807, 2.05) is 24.3 Å². The number of carboxylic acid groups (broad SMARTS) is 1. The Kier molecular flexibility index (Phi) is 13.8. The van der Waals surface area contributed by atoms with Crippen molar-refractivity contribution < 1.29 is 44.0 Å². The van der Waals surface area contributed by atoms with Gasteiger partial charge in [-0.2, -0.15) is 0 Å². The van der Waals surface area contributed by atoms with Crippen molar-refractivity contribution in [3.8, 4) is 5.75 Å². The fraction of sp³-hybridized carbons (Fsp3) is 0.311. The summed E-state index contributed by atoms with van der Waals surface area (Å²) in [7, 11) is 1.47. The lowest BCUT2D eigenvalue weighted by molar-refractivity contribution is -0.139. The number of aromatic amines is 2. The molecular weight excluding hydrogens is 843 g/mol. The fourth-order valence-electron chi connectivity index (χ4n) is 7.93. The Labute approximate surface area is 370 Å². The molecule has 1 saturated heterocycles. The van der Waals surface area contributed by atoms with Gasteiger partial charge < -0.3 is 56.5 Å². The highest BCUT2D eigenvalue weighted by molar-refractivity contribution is 5.94. The Morgan fingerprint density at radius 2 is 1.65 bits per heavy atom. The number of nitrogens with one attached hydrogen (secondary N) is 7. The summed E-state index contributed by atoms with van der Waals surface area (Å²) in [6.07, 6.45) is 1.38. The Hall–Kier alpha value is -7.71. The number of carbonyl (C=O) groups excluding carboxylic acids is 4. The molecule has 2 aromatic heterocycles. The summed E-state index contributed by atoms with van der Waals surface area (Å²) in [5.74, 6) is -3.33. The number of aliphatic hydroxyl groups excluding tert-OH is 1. The number of carbonyl (C=O) groups is 5. The van der Waals surface area contributed by atoms with Gasteiger partial charge in [0.15, 0.2) is 0 Å². The van der Waals surface area contributed by atoms with E-state index < -0.39 is 83.5 Å². The molecule has 0 radical (unpaired) electrons. The van der Waals surface area contributed by atoms with Crippen LogP contribution in [0.15, 0.2) is 113 Å². The number of rotatable bonds is 15. The van der Waals surface area contributed by atoms with Gasteiger partial charge in [0, 0.05) is 68.4 Å². The Bertz CT molecular complexity index is 2730. The van der Waals surface area contributed by atoms with Gasteiger partial charge in [0.1, 0.15) is 35.7 Å². The average molecular weight is 892 g/mol. The molecule has 340 valence electrons. The zero-order valence-electron chi connectivity index (χ0n) is 35.3. The monoisotopic (exact) mass is 891 g/mol. The zero-order chi connectivity index (χ0) is 46.4. The molecule has 20 nitrogen and oxygen atoms in total. The van der Waals surface area contributed by atoms with Crippen LogP contribution in [0.3, 0.4) is 0 Å². The van der Waals surface area contributed by atoms with Gasteiger partial charge in [-0.3, -0.25) is 28.7 Å². The van der Waals surface area contributed by atoms with Crippen LogP contribution in [-0.2, 0) is 49.7 Å². The molecule has 2 aliphatic rings. The number of aromatic nitrogens is 3. The molecule has 4 heterocycles. The maximum Gasteiger partial charge on any atom is 0.331 e. The Balaban J connectivity index is 1.12. The largest absolute Gasteiger partial charge is 0.508 e. The number of H-pyrrole nitrogens is 2. The standard InChI is InChI=1S/C45H49N9O11/c1-24(53(2)41(60)34-18-27-17-29(55)13-12-26(27)21-47-34)38(40(59)48-23-30-20-36(56)42(65-30)54-15-14-37(57)51-45(54)64)52-39(58)33(16-25-8-4-3-5-9-25)49-44(63)50-35(43(61)62)19-28-22-46-32-11-7-6-10-31(28)32/h3-15,17,22-24,33-36,38,42,46-47,55-56H,16,18-21H2,1-2H3,(H,48,59)(H,52,58)(H,61,62)(H2,49,50,63)(H,51,57,64)/b30-23-. The second-order valence-electron chi connectivity index (χ2n) is 16.0. The number of hydrogen-bond donors (Lipinski definition) is 10. The van der Waals surface area contributed by atoms with E-state index in [-0.39, 0.29) is 37.2 Å².